The quantitative estimate of drug-likeness (QED) is 0.820. The fourth-order valence-electron chi connectivity index (χ4n) is 2.10. The SMILES string of the molecule is COCCN(C)C(c1ccc(C)cc1)C(C)N. The Kier molecular flexibility index (Phi) is 5.62. The van der Waals surface area contributed by atoms with Crippen molar-refractivity contribution in [1.29, 1.82) is 0 Å². The van der Waals surface area contributed by atoms with E-state index in [1.54, 1.807) is 7.11 Å². The molecule has 0 amide bonds. The van der Waals surface area contributed by atoms with Gasteiger partial charge in [0, 0.05) is 25.7 Å². The number of rotatable bonds is 6. The molecule has 0 aliphatic carbocycles. The molecule has 0 aliphatic rings. The average molecular weight is 236 g/mol. The van der Waals surface area contributed by atoms with Crippen molar-refractivity contribution in [3.05, 3.63) is 35.4 Å². The van der Waals surface area contributed by atoms with Gasteiger partial charge in [-0.05, 0) is 26.5 Å². The van der Waals surface area contributed by atoms with Crippen LogP contribution in [0.4, 0.5) is 0 Å². The summed E-state index contributed by atoms with van der Waals surface area (Å²) < 4.78 is 5.11. The lowest BCUT2D eigenvalue weighted by atomic mass is 9.98. The van der Waals surface area contributed by atoms with E-state index >= 15 is 0 Å². The second-order valence-corrected chi connectivity index (χ2v) is 4.69. The standard InChI is InChI=1S/C14H24N2O/c1-11-5-7-13(8-6-11)14(12(2)15)16(3)9-10-17-4/h5-8,12,14H,9-10,15H2,1-4H3. The molecule has 0 bridgehead atoms. The highest BCUT2D eigenvalue weighted by Crippen LogP contribution is 2.22. The summed E-state index contributed by atoms with van der Waals surface area (Å²) in [5.41, 5.74) is 8.64. The lowest BCUT2D eigenvalue weighted by Crippen LogP contribution is -2.38. The Balaban J connectivity index is 2.81. The van der Waals surface area contributed by atoms with Crippen LogP contribution >= 0.6 is 0 Å². The summed E-state index contributed by atoms with van der Waals surface area (Å²) in [6.45, 7) is 5.76. The van der Waals surface area contributed by atoms with Crippen molar-refractivity contribution < 1.29 is 4.74 Å². The van der Waals surface area contributed by atoms with Gasteiger partial charge in [-0.1, -0.05) is 29.8 Å². The van der Waals surface area contributed by atoms with Gasteiger partial charge in [-0.3, -0.25) is 4.90 Å². The van der Waals surface area contributed by atoms with E-state index in [-0.39, 0.29) is 12.1 Å². The van der Waals surface area contributed by atoms with E-state index in [4.69, 9.17) is 10.5 Å². The third-order valence-electron chi connectivity index (χ3n) is 3.04. The molecular weight excluding hydrogens is 212 g/mol. The molecule has 0 fully saturated rings. The number of methoxy groups -OCH3 is 1. The third kappa shape index (κ3) is 4.11. The van der Waals surface area contributed by atoms with Gasteiger partial charge in [0.15, 0.2) is 0 Å². The number of nitrogens with zero attached hydrogens (tertiary/aromatic N) is 1. The number of hydrogen-bond acceptors (Lipinski definition) is 3. The summed E-state index contributed by atoms with van der Waals surface area (Å²) in [6, 6.07) is 8.92. The second kappa shape index (κ2) is 6.74. The first-order chi connectivity index (χ1) is 8.06. The Labute approximate surface area is 105 Å². The topological polar surface area (TPSA) is 38.5 Å². The van der Waals surface area contributed by atoms with Crippen molar-refractivity contribution in [2.24, 2.45) is 5.73 Å². The molecule has 2 N–H and O–H groups in total. The molecule has 0 spiro atoms. The van der Waals surface area contributed by atoms with Gasteiger partial charge >= 0.3 is 0 Å². The average Bonchev–Trinajstić information content (AvgIpc) is 2.29. The summed E-state index contributed by atoms with van der Waals surface area (Å²) in [5, 5.41) is 0. The molecule has 2 atom stereocenters. The Bertz CT molecular complexity index is 321. The van der Waals surface area contributed by atoms with E-state index in [0.717, 1.165) is 13.2 Å². The molecule has 2 unspecified atom stereocenters. The zero-order valence-corrected chi connectivity index (χ0v) is 11.3. The molecule has 0 heterocycles. The molecule has 0 saturated heterocycles. The molecule has 1 aromatic carbocycles. The first-order valence-corrected chi connectivity index (χ1v) is 6.07. The predicted molar refractivity (Wildman–Crippen MR) is 72.1 cm³/mol. The van der Waals surface area contributed by atoms with E-state index in [0.29, 0.717) is 0 Å². The number of aryl methyl sites for hydroxylation is 1. The summed E-state index contributed by atoms with van der Waals surface area (Å²) >= 11 is 0. The van der Waals surface area contributed by atoms with Crippen LogP contribution in [0.25, 0.3) is 0 Å². The largest absolute Gasteiger partial charge is 0.383 e. The summed E-state index contributed by atoms with van der Waals surface area (Å²) in [5.74, 6) is 0. The summed E-state index contributed by atoms with van der Waals surface area (Å²) in [4.78, 5) is 2.25. The van der Waals surface area contributed by atoms with Crippen LogP contribution < -0.4 is 5.73 Å². The van der Waals surface area contributed by atoms with Crippen LogP contribution in [0.15, 0.2) is 24.3 Å². The molecule has 0 aliphatic heterocycles. The minimum absolute atomic E-state index is 0.0968. The molecule has 3 heteroatoms. The maximum absolute atomic E-state index is 6.10. The first kappa shape index (κ1) is 14.2. The minimum Gasteiger partial charge on any atom is -0.383 e. The molecule has 96 valence electrons. The van der Waals surface area contributed by atoms with Crippen LogP contribution in [0, 0.1) is 6.92 Å². The first-order valence-electron chi connectivity index (χ1n) is 6.07. The van der Waals surface area contributed by atoms with E-state index in [1.807, 2.05) is 6.92 Å². The molecule has 17 heavy (non-hydrogen) atoms. The van der Waals surface area contributed by atoms with Crippen LogP contribution in [0.2, 0.25) is 0 Å². The van der Waals surface area contributed by atoms with Crippen LogP contribution in [0.5, 0.6) is 0 Å². The maximum Gasteiger partial charge on any atom is 0.0589 e. The lowest BCUT2D eigenvalue weighted by molar-refractivity contribution is 0.131. The van der Waals surface area contributed by atoms with Gasteiger partial charge in [0.2, 0.25) is 0 Å². The smallest absolute Gasteiger partial charge is 0.0589 e. The molecular formula is C14H24N2O. The van der Waals surface area contributed by atoms with Crippen LogP contribution in [0.1, 0.15) is 24.1 Å². The van der Waals surface area contributed by atoms with Gasteiger partial charge in [-0.2, -0.15) is 0 Å². The van der Waals surface area contributed by atoms with Crippen molar-refractivity contribution >= 4 is 0 Å². The number of hydrogen-bond donors (Lipinski definition) is 1. The maximum atomic E-state index is 6.10. The molecule has 0 aromatic heterocycles. The third-order valence-corrected chi connectivity index (χ3v) is 3.04. The summed E-state index contributed by atoms with van der Waals surface area (Å²) in [7, 11) is 3.81. The van der Waals surface area contributed by atoms with Gasteiger partial charge < -0.3 is 10.5 Å². The van der Waals surface area contributed by atoms with Crippen molar-refractivity contribution in [2.75, 3.05) is 27.3 Å². The van der Waals surface area contributed by atoms with Crippen molar-refractivity contribution in [2.45, 2.75) is 25.9 Å². The van der Waals surface area contributed by atoms with E-state index in [9.17, 15) is 0 Å². The zero-order chi connectivity index (χ0) is 12.8. The number of likely N-dealkylation sites (N-methyl/N-ethyl adjacent to an activating group) is 1. The zero-order valence-electron chi connectivity index (χ0n) is 11.3. The van der Waals surface area contributed by atoms with Gasteiger partial charge in [0.05, 0.1) is 6.61 Å². The number of benzene rings is 1. The normalized spacial score (nSPS) is 14.9. The highest BCUT2D eigenvalue weighted by atomic mass is 16.5. The number of ether oxygens (including phenoxy) is 1. The van der Waals surface area contributed by atoms with Crippen LogP contribution in [0.3, 0.4) is 0 Å². The molecule has 0 saturated carbocycles. The Hall–Kier alpha value is -0.900. The Morgan fingerprint density at radius 1 is 1.29 bits per heavy atom. The number of nitrogens with two attached hydrogens (primary N) is 1. The van der Waals surface area contributed by atoms with Gasteiger partial charge in [0.25, 0.3) is 0 Å². The van der Waals surface area contributed by atoms with Crippen molar-refractivity contribution in [1.82, 2.24) is 4.90 Å². The van der Waals surface area contributed by atoms with Crippen LogP contribution in [-0.4, -0.2) is 38.3 Å². The van der Waals surface area contributed by atoms with E-state index in [1.165, 1.54) is 11.1 Å². The molecule has 1 rings (SSSR count). The molecule has 3 nitrogen and oxygen atoms in total. The van der Waals surface area contributed by atoms with Gasteiger partial charge in [-0.15, -0.1) is 0 Å². The highest BCUT2D eigenvalue weighted by Gasteiger charge is 2.20. The minimum atomic E-state index is 0.0968. The lowest BCUT2D eigenvalue weighted by Gasteiger charge is -2.31. The monoisotopic (exact) mass is 236 g/mol. The highest BCUT2D eigenvalue weighted by molar-refractivity contribution is 5.25. The van der Waals surface area contributed by atoms with Crippen molar-refractivity contribution in [3.63, 3.8) is 0 Å². The second-order valence-electron chi connectivity index (χ2n) is 4.69. The molecule has 0 radical (unpaired) electrons. The van der Waals surface area contributed by atoms with Crippen molar-refractivity contribution in [3.8, 4) is 0 Å². The molecule has 1 aromatic rings. The Morgan fingerprint density at radius 3 is 2.35 bits per heavy atom. The Morgan fingerprint density at radius 2 is 1.88 bits per heavy atom. The fraction of sp³-hybridized carbons (Fsp3) is 0.571. The van der Waals surface area contributed by atoms with Gasteiger partial charge in [-0.25, -0.2) is 0 Å². The fourth-order valence-corrected chi connectivity index (χ4v) is 2.10. The van der Waals surface area contributed by atoms with E-state index < -0.39 is 0 Å². The summed E-state index contributed by atoms with van der Waals surface area (Å²) in [6.07, 6.45) is 0. The van der Waals surface area contributed by atoms with E-state index in [2.05, 4.69) is 43.1 Å². The van der Waals surface area contributed by atoms with Crippen LogP contribution in [-0.2, 0) is 4.74 Å². The van der Waals surface area contributed by atoms with Gasteiger partial charge in [0.1, 0.15) is 0 Å². The predicted octanol–water partition coefficient (Wildman–Crippen LogP) is 1.96.